The summed E-state index contributed by atoms with van der Waals surface area (Å²) in [5.74, 6) is 0.458. The summed E-state index contributed by atoms with van der Waals surface area (Å²) in [6, 6.07) is 11.8. The number of hydrogen-bond acceptors (Lipinski definition) is 2. The van der Waals surface area contributed by atoms with Crippen molar-refractivity contribution in [2.45, 2.75) is 19.7 Å². The van der Waals surface area contributed by atoms with Gasteiger partial charge in [0.2, 0.25) is 0 Å². The molecule has 23 heavy (non-hydrogen) atoms. The number of hydrogen-bond donors (Lipinski definition) is 0. The summed E-state index contributed by atoms with van der Waals surface area (Å²) in [6.07, 6.45) is -3.76. The molecule has 120 valence electrons. The lowest BCUT2D eigenvalue weighted by atomic mass is 10.1. The Kier molecular flexibility index (Phi) is 3.75. The van der Waals surface area contributed by atoms with Crippen LogP contribution in [0.25, 0.3) is 22.4 Å². The quantitative estimate of drug-likeness (QED) is 0.699. The first kappa shape index (κ1) is 15.4. The number of aromatic nitrogens is 2. The normalized spacial score (nSPS) is 11.9. The Bertz CT molecular complexity index is 835. The van der Waals surface area contributed by atoms with E-state index in [4.69, 9.17) is 0 Å². The first-order valence-corrected chi connectivity index (χ1v) is 7.19. The first-order valence-electron chi connectivity index (χ1n) is 7.19. The summed E-state index contributed by atoms with van der Waals surface area (Å²) in [5.41, 5.74) is 3.78. The van der Waals surface area contributed by atoms with Crippen molar-refractivity contribution < 1.29 is 17.9 Å². The topological polar surface area (TPSA) is 27.1 Å². The molecule has 6 heteroatoms. The Morgan fingerprint density at radius 3 is 2.39 bits per heavy atom. The fraction of sp³-hybridized carbons (Fsp3) is 0.235. The minimum atomic E-state index is -4.68. The molecule has 0 unspecified atom stereocenters. The minimum Gasteiger partial charge on any atom is -0.406 e. The summed E-state index contributed by atoms with van der Waals surface area (Å²) < 4.78 is 42.4. The predicted molar refractivity (Wildman–Crippen MR) is 82.2 cm³/mol. The van der Waals surface area contributed by atoms with Gasteiger partial charge < -0.3 is 9.30 Å². The van der Waals surface area contributed by atoms with Crippen LogP contribution in [0.2, 0.25) is 0 Å². The zero-order chi connectivity index (χ0) is 16.6. The van der Waals surface area contributed by atoms with Crippen molar-refractivity contribution in [3.63, 3.8) is 0 Å². The molecule has 0 N–H and O–H groups in total. The average Bonchev–Trinajstić information content (AvgIpc) is 2.83. The van der Waals surface area contributed by atoms with Gasteiger partial charge in [-0.1, -0.05) is 13.0 Å². The van der Waals surface area contributed by atoms with Crippen LogP contribution in [0.1, 0.15) is 12.5 Å². The maximum absolute atomic E-state index is 12.2. The van der Waals surface area contributed by atoms with Gasteiger partial charge in [0, 0.05) is 12.6 Å². The van der Waals surface area contributed by atoms with E-state index >= 15 is 0 Å². The van der Waals surface area contributed by atoms with E-state index in [0.717, 1.165) is 23.0 Å². The molecule has 2 aromatic carbocycles. The Hall–Kier alpha value is -2.50. The van der Waals surface area contributed by atoms with E-state index in [1.165, 1.54) is 17.7 Å². The number of imidazole rings is 1. The third kappa shape index (κ3) is 3.16. The van der Waals surface area contributed by atoms with Crippen molar-refractivity contribution >= 4 is 11.0 Å². The molecule has 0 aliphatic carbocycles. The van der Waals surface area contributed by atoms with E-state index in [-0.39, 0.29) is 5.75 Å². The second-order valence-electron chi connectivity index (χ2n) is 5.24. The summed E-state index contributed by atoms with van der Waals surface area (Å²) in [5, 5.41) is 0. The molecule has 3 rings (SSSR count). The molecular weight excluding hydrogens is 305 g/mol. The lowest BCUT2D eigenvalue weighted by Gasteiger charge is -2.09. The smallest absolute Gasteiger partial charge is 0.406 e. The number of nitrogens with zero attached hydrogens (tertiary/aromatic N) is 2. The van der Waals surface area contributed by atoms with Gasteiger partial charge in [0.05, 0.1) is 11.0 Å². The van der Waals surface area contributed by atoms with E-state index < -0.39 is 6.36 Å². The summed E-state index contributed by atoms with van der Waals surface area (Å²) in [6.45, 7) is 2.07. The molecule has 3 aromatic rings. The van der Waals surface area contributed by atoms with Gasteiger partial charge in [-0.2, -0.15) is 0 Å². The monoisotopic (exact) mass is 320 g/mol. The third-order valence-corrected chi connectivity index (χ3v) is 3.70. The van der Waals surface area contributed by atoms with Gasteiger partial charge in [-0.25, -0.2) is 4.98 Å². The van der Waals surface area contributed by atoms with Crippen LogP contribution in [0.3, 0.4) is 0 Å². The molecule has 0 aliphatic rings. The second kappa shape index (κ2) is 5.61. The number of ether oxygens (including phenoxy) is 1. The number of halogens is 3. The number of aryl methyl sites for hydroxylation is 2. The Labute approximate surface area is 131 Å². The van der Waals surface area contributed by atoms with Gasteiger partial charge in [-0.15, -0.1) is 13.2 Å². The molecule has 3 nitrogen and oxygen atoms in total. The van der Waals surface area contributed by atoms with Crippen LogP contribution in [0.15, 0.2) is 42.5 Å². The van der Waals surface area contributed by atoms with E-state index in [9.17, 15) is 13.2 Å². The summed E-state index contributed by atoms with van der Waals surface area (Å²) in [4.78, 5) is 4.60. The molecular formula is C17H15F3N2O. The Balaban J connectivity index is 1.98. The van der Waals surface area contributed by atoms with Gasteiger partial charge >= 0.3 is 6.36 Å². The van der Waals surface area contributed by atoms with Gasteiger partial charge in [-0.05, 0) is 48.4 Å². The fourth-order valence-electron chi connectivity index (χ4n) is 2.53. The number of benzene rings is 2. The standard InChI is InChI=1S/C17H15F3N2O/c1-3-11-4-9-15-14(10-11)21-16(22(15)2)12-5-7-13(8-6-12)23-17(18,19)20/h4-10H,3H2,1-2H3. The number of alkyl halides is 3. The highest BCUT2D eigenvalue weighted by Crippen LogP contribution is 2.28. The Morgan fingerprint density at radius 1 is 1.09 bits per heavy atom. The number of fused-ring (bicyclic) bond motifs is 1. The van der Waals surface area contributed by atoms with Gasteiger partial charge in [-0.3, -0.25) is 0 Å². The average molecular weight is 320 g/mol. The van der Waals surface area contributed by atoms with Crippen LogP contribution in [0.4, 0.5) is 13.2 Å². The molecule has 0 bridgehead atoms. The molecule has 1 heterocycles. The van der Waals surface area contributed by atoms with E-state index in [0.29, 0.717) is 5.82 Å². The zero-order valence-electron chi connectivity index (χ0n) is 12.7. The van der Waals surface area contributed by atoms with Gasteiger partial charge in [0.25, 0.3) is 0 Å². The molecule has 1 aromatic heterocycles. The minimum absolute atomic E-state index is 0.242. The second-order valence-corrected chi connectivity index (χ2v) is 5.24. The first-order chi connectivity index (χ1) is 10.9. The molecule has 0 aliphatic heterocycles. The summed E-state index contributed by atoms with van der Waals surface area (Å²) in [7, 11) is 1.89. The van der Waals surface area contributed by atoms with Crippen LogP contribution < -0.4 is 4.74 Å². The van der Waals surface area contributed by atoms with Crippen LogP contribution >= 0.6 is 0 Å². The van der Waals surface area contributed by atoms with Gasteiger partial charge in [0.15, 0.2) is 0 Å². The van der Waals surface area contributed by atoms with Gasteiger partial charge in [0.1, 0.15) is 11.6 Å². The molecule has 0 spiro atoms. The van der Waals surface area contributed by atoms with Crippen molar-refractivity contribution in [3.05, 3.63) is 48.0 Å². The van der Waals surface area contributed by atoms with Crippen LogP contribution in [-0.2, 0) is 13.5 Å². The molecule has 0 atom stereocenters. The SMILES string of the molecule is CCc1ccc2c(c1)nc(-c1ccc(OC(F)(F)F)cc1)n2C. The summed E-state index contributed by atoms with van der Waals surface area (Å²) >= 11 is 0. The van der Waals surface area contributed by atoms with Crippen molar-refractivity contribution in [2.24, 2.45) is 7.05 Å². The maximum Gasteiger partial charge on any atom is 0.573 e. The highest BCUT2D eigenvalue weighted by Gasteiger charge is 2.31. The van der Waals surface area contributed by atoms with Crippen molar-refractivity contribution in [3.8, 4) is 17.1 Å². The molecule has 0 saturated heterocycles. The predicted octanol–water partition coefficient (Wildman–Crippen LogP) is 4.70. The molecule has 0 radical (unpaired) electrons. The third-order valence-electron chi connectivity index (χ3n) is 3.70. The zero-order valence-corrected chi connectivity index (χ0v) is 12.7. The number of rotatable bonds is 3. The maximum atomic E-state index is 12.2. The lowest BCUT2D eigenvalue weighted by molar-refractivity contribution is -0.274. The highest BCUT2D eigenvalue weighted by atomic mass is 19.4. The molecule has 0 amide bonds. The Morgan fingerprint density at radius 2 is 1.78 bits per heavy atom. The van der Waals surface area contributed by atoms with Crippen molar-refractivity contribution in [2.75, 3.05) is 0 Å². The largest absolute Gasteiger partial charge is 0.573 e. The highest BCUT2D eigenvalue weighted by molar-refractivity contribution is 5.81. The van der Waals surface area contributed by atoms with E-state index in [1.807, 2.05) is 29.8 Å². The van der Waals surface area contributed by atoms with Crippen molar-refractivity contribution in [1.29, 1.82) is 0 Å². The van der Waals surface area contributed by atoms with Crippen LogP contribution in [0, 0.1) is 0 Å². The van der Waals surface area contributed by atoms with E-state index in [1.54, 1.807) is 12.1 Å². The molecule has 0 fully saturated rings. The van der Waals surface area contributed by atoms with E-state index in [2.05, 4.69) is 16.6 Å². The molecule has 0 saturated carbocycles. The van der Waals surface area contributed by atoms with Crippen LogP contribution in [0.5, 0.6) is 5.75 Å². The fourth-order valence-corrected chi connectivity index (χ4v) is 2.53. The van der Waals surface area contributed by atoms with Crippen molar-refractivity contribution in [1.82, 2.24) is 9.55 Å². The lowest BCUT2D eigenvalue weighted by Crippen LogP contribution is -2.16. The van der Waals surface area contributed by atoms with Crippen LogP contribution in [-0.4, -0.2) is 15.9 Å².